The number of aromatic nitrogens is 2. The zero-order chi connectivity index (χ0) is 24.1. The van der Waals surface area contributed by atoms with E-state index in [0.29, 0.717) is 48.9 Å². The molecule has 32 heavy (non-hydrogen) atoms. The van der Waals surface area contributed by atoms with Crippen molar-refractivity contribution in [1.29, 1.82) is 0 Å². The number of ether oxygens (including phenoxy) is 1. The third kappa shape index (κ3) is 8.51. The molecule has 2 atom stereocenters. The number of anilines is 1. The van der Waals surface area contributed by atoms with E-state index in [-0.39, 0.29) is 11.7 Å². The second-order valence-electron chi connectivity index (χ2n) is 6.72. The van der Waals surface area contributed by atoms with Gasteiger partial charge in [-0.2, -0.15) is 0 Å². The van der Waals surface area contributed by atoms with Gasteiger partial charge in [0.1, 0.15) is 12.1 Å². The normalized spacial score (nSPS) is 18.1. The van der Waals surface area contributed by atoms with Crippen molar-refractivity contribution in [3.05, 3.63) is 47.8 Å². The number of hydrogen-bond donors (Lipinski definition) is 2. The van der Waals surface area contributed by atoms with E-state index < -0.39 is 16.8 Å². The number of amides is 2. The minimum absolute atomic E-state index is 0.0125. The molecule has 178 valence electrons. The van der Waals surface area contributed by atoms with Crippen molar-refractivity contribution in [2.45, 2.75) is 39.5 Å². The van der Waals surface area contributed by atoms with Gasteiger partial charge in [-0.25, -0.2) is 19.2 Å². The molecule has 1 fully saturated rings. The fraction of sp³-hybridized carbons (Fsp3) is 0.500. The highest BCUT2D eigenvalue weighted by Crippen LogP contribution is 2.22. The number of carbonyl (C=O) groups is 1. The van der Waals surface area contributed by atoms with E-state index in [9.17, 15) is 13.4 Å². The van der Waals surface area contributed by atoms with Crippen LogP contribution in [0.1, 0.15) is 39.2 Å². The quantitative estimate of drug-likeness (QED) is 0.598. The van der Waals surface area contributed by atoms with Crippen LogP contribution in [0.3, 0.4) is 0 Å². The van der Waals surface area contributed by atoms with Crippen LogP contribution in [0.25, 0.3) is 5.57 Å². The van der Waals surface area contributed by atoms with Crippen LogP contribution >= 0.6 is 0 Å². The summed E-state index contributed by atoms with van der Waals surface area (Å²) in [4.78, 5) is 22.8. The molecule has 2 rings (SSSR count). The molecular weight excluding hydrogens is 433 g/mol. The Kier molecular flexibility index (Phi) is 12.4. The average molecular weight is 468 g/mol. The molecule has 2 N–H and O–H groups in total. The first-order valence-electron chi connectivity index (χ1n) is 10.5. The van der Waals surface area contributed by atoms with Crippen molar-refractivity contribution < 1.29 is 18.1 Å². The Labute approximate surface area is 192 Å². The van der Waals surface area contributed by atoms with Crippen molar-refractivity contribution >= 4 is 28.2 Å². The van der Waals surface area contributed by atoms with Gasteiger partial charge in [-0.05, 0) is 26.0 Å². The van der Waals surface area contributed by atoms with Gasteiger partial charge in [0.25, 0.3) is 0 Å². The van der Waals surface area contributed by atoms with Crippen LogP contribution in [0.5, 0.6) is 0 Å². The largest absolute Gasteiger partial charge is 0.377 e. The molecule has 1 aliphatic heterocycles. The van der Waals surface area contributed by atoms with Gasteiger partial charge in [0.05, 0.1) is 36.4 Å². The fourth-order valence-corrected chi connectivity index (χ4v) is 3.45. The number of urea groups is 1. The summed E-state index contributed by atoms with van der Waals surface area (Å²) in [5, 5.41) is 4.73. The van der Waals surface area contributed by atoms with Gasteiger partial charge in [-0.1, -0.05) is 19.9 Å². The van der Waals surface area contributed by atoms with Gasteiger partial charge < -0.3 is 20.3 Å². The van der Waals surface area contributed by atoms with Gasteiger partial charge in [-0.3, -0.25) is 4.21 Å². The van der Waals surface area contributed by atoms with Crippen molar-refractivity contribution in [1.82, 2.24) is 20.6 Å². The lowest BCUT2D eigenvalue weighted by Crippen LogP contribution is -2.44. The molecule has 0 bridgehead atoms. The van der Waals surface area contributed by atoms with Crippen LogP contribution in [0.4, 0.5) is 15.0 Å². The van der Waals surface area contributed by atoms with E-state index in [1.807, 2.05) is 26.8 Å². The van der Waals surface area contributed by atoms with Crippen LogP contribution in [-0.4, -0.2) is 59.3 Å². The van der Waals surface area contributed by atoms with E-state index in [1.165, 1.54) is 13.1 Å². The summed E-state index contributed by atoms with van der Waals surface area (Å²) in [6, 6.07) is 1.46. The standard InChI is InChI=1S/C20H28FN5O3S.C2H6/c1-5-15(6-7-16(11-21)24-20(27)22-3)19-23-17(13-30(4)28)10-18(25-19)26-8-9-29-12-14(26)2;1-2/h5-7,10-11,14H,8-9,12-13H2,1-4H3,(H2,22,24,27);1-2H3/b7-6-,15-5+,16-11-;/t14-,30?;/m0./s1. The molecule has 1 unspecified atom stereocenters. The lowest BCUT2D eigenvalue weighted by Gasteiger charge is -2.34. The lowest BCUT2D eigenvalue weighted by molar-refractivity contribution is 0.0985. The predicted molar refractivity (Wildman–Crippen MR) is 128 cm³/mol. The van der Waals surface area contributed by atoms with Crippen LogP contribution in [0.2, 0.25) is 0 Å². The number of morpholine rings is 1. The highest BCUT2D eigenvalue weighted by atomic mass is 32.2. The molecule has 0 radical (unpaired) electrons. The molecule has 8 nitrogen and oxygen atoms in total. The van der Waals surface area contributed by atoms with Crippen molar-refractivity contribution in [2.24, 2.45) is 0 Å². The van der Waals surface area contributed by atoms with E-state index in [2.05, 4.69) is 27.4 Å². The van der Waals surface area contributed by atoms with E-state index in [0.717, 1.165) is 5.82 Å². The maximum atomic E-state index is 13.1. The number of hydrogen-bond acceptors (Lipinski definition) is 6. The first kappa shape index (κ1) is 27.4. The molecule has 1 saturated heterocycles. The number of nitrogens with zero attached hydrogens (tertiary/aromatic N) is 3. The molecule has 0 aromatic carbocycles. The smallest absolute Gasteiger partial charge is 0.319 e. The molecule has 0 saturated carbocycles. The minimum Gasteiger partial charge on any atom is -0.377 e. The molecule has 1 aromatic rings. The highest BCUT2D eigenvalue weighted by molar-refractivity contribution is 7.83. The van der Waals surface area contributed by atoms with Crippen molar-refractivity contribution in [3.63, 3.8) is 0 Å². The maximum absolute atomic E-state index is 13.1. The second kappa shape index (κ2) is 14.5. The van der Waals surface area contributed by atoms with Crippen molar-refractivity contribution in [3.8, 4) is 0 Å². The third-order valence-electron chi connectivity index (χ3n) is 4.39. The zero-order valence-electron chi connectivity index (χ0n) is 19.6. The molecule has 1 aromatic heterocycles. The summed E-state index contributed by atoms with van der Waals surface area (Å²) in [7, 11) is 0.376. The summed E-state index contributed by atoms with van der Waals surface area (Å²) >= 11 is 0. The Balaban J connectivity index is 0.00000249. The van der Waals surface area contributed by atoms with Crippen LogP contribution in [-0.2, 0) is 21.3 Å². The second-order valence-corrected chi connectivity index (χ2v) is 8.16. The topological polar surface area (TPSA) is 96.5 Å². The zero-order valence-corrected chi connectivity index (χ0v) is 20.5. The fourth-order valence-electron chi connectivity index (χ4n) is 2.89. The van der Waals surface area contributed by atoms with Gasteiger partial charge in [-0.15, -0.1) is 0 Å². The van der Waals surface area contributed by atoms with Crippen LogP contribution < -0.4 is 15.5 Å². The summed E-state index contributed by atoms with van der Waals surface area (Å²) in [5.74, 6) is 1.47. The van der Waals surface area contributed by atoms with Gasteiger partial charge in [0.15, 0.2) is 5.82 Å². The third-order valence-corrected chi connectivity index (χ3v) is 5.10. The Morgan fingerprint density at radius 2 is 2.09 bits per heavy atom. The summed E-state index contributed by atoms with van der Waals surface area (Å²) in [5.41, 5.74) is 1.28. The number of rotatable bonds is 7. The lowest BCUT2D eigenvalue weighted by atomic mass is 10.2. The Morgan fingerprint density at radius 1 is 1.38 bits per heavy atom. The van der Waals surface area contributed by atoms with Gasteiger partial charge in [0.2, 0.25) is 0 Å². The minimum atomic E-state index is -1.07. The Bertz CT molecular complexity index is 873. The number of allylic oxidation sites excluding steroid dienone is 4. The van der Waals surface area contributed by atoms with E-state index in [1.54, 1.807) is 18.4 Å². The van der Waals surface area contributed by atoms with Crippen molar-refractivity contribution in [2.75, 3.05) is 38.0 Å². The molecule has 0 spiro atoms. The number of carbonyl (C=O) groups excluding carboxylic acids is 1. The molecule has 0 aliphatic carbocycles. The molecular formula is C22H34FN5O3S. The first-order chi connectivity index (χ1) is 15.4. The monoisotopic (exact) mass is 467 g/mol. The Hall–Kier alpha value is -2.59. The summed E-state index contributed by atoms with van der Waals surface area (Å²) in [6.07, 6.45) is 6.77. The predicted octanol–water partition coefficient (Wildman–Crippen LogP) is 3.31. The SMILES string of the molecule is CC.C\C=C(/C=C\C(=C\F)NC(=O)NC)c1nc(CS(C)=O)cc(N2CCOC[C@@H]2C)n1. The van der Waals surface area contributed by atoms with Crippen LogP contribution in [0.15, 0.2) is 36.3 Å². The summed E-state index contributed by atoms with van der Waals surface area (Å²) in [6.45, 7) is 9.76. The highest BCUT2D eigenvalue weighted by Gasteiger charge is 2.22. The molecule has 2 amide bonds. The summed E-state index contributed by atoms with van der Waals surface area (Å²) < 4.78 is 30.4. The number of nitrogens with one attached hydrogen (secondary N) is 2. The Morgan fingerprint density at radius 3 is 2.66 bits per heavy atom. The maximum Gasteiger partial charge on any atom is 0.319 e. The average Bonchev–Trinajstić information content (AvgIpc) is 2.79. The molecule has 1 aliphatic rings. The van der Waals surface area contributed by atoms with Crippen LogP contribution in [0, 0.1) is 0 Å². The van der Waals surface area contributed by atoms with Gasteiger partial charge >= 0.3 is 6.03 Å². The van der Waals surface area contributed by atoms with Gasteiger partial charge in [0, 0.05) is 42.3 Å². The van der Waals surface area contributed by atoms with E-state index >= 15 is 0 Å². The molecule has 2 heterocycles. The number of halogens is 1. The first-order valence-corrected chi connectivity index (χ1v) is 12.3. The van der Waals surface area contributed by atoms with E-state index in [4.69, 9.17) is 9.72 Å². The molecule has 10 heteroatoms.